The average molecular weight is 267 g/mol. The Morgan fingerprint density at radius 2 is 2.17 bits per heavy atom. The summed E-state index contributed by atoms with van der Waals surface area (Å²) in [7, 11) is 0. The topological polar surface area (TPSA) is 55.1 Å². The second-order valence-electron chi connectivity index (χ2n) is 4.95. The fourth-order valence-corrected chi connectivity index (χ4v) is 2.84. The fourth-order valence-electron chi connectivity index (χ4n) is 2.54. The van der Waals surface area contributed by atoms with E-state index in [1.54, 1.807) is 0 Å². The van der Waals surface area contributed by atoms with Gasteiger partial charge in [-0.05, 0) is 31.4 Å². The Kier molecular flexibility index (Phi) is 4.25. The summed E-state index contributed by atoms with van der Waals surface area (Å²) in [5.41, 5.74) is 6.88. The van der Waals surface area contributed by atoms with Crippen LogP contribution in [-0.4, -0.2) is 11.9 Å². The highest BCUT2D eigenvalue weighted by Gasteiger charge is 2.31. The van der Waals surface area contributed by atoms with Crippen LogP contribution in [0.2, 0.25) is 5.02 Å². The Morgan fingerprint density at radius 3 is 2.78 bits per heavy atom. The molecule has 1 aromatic rings. The number of amides is 1. The van der Waals surface area contributed by atoms with Gasteiger partial charge in [-0.25, -0.2) is 0 Å². The third-order valence-corrected chi connectivity index (χ3v) is 3.98. The minimum absolute atomic E-state index is 0.00319. The van der Waals surface area contributed by atoms with Crippen LogP contribution in [-0.2, 0) is 4.79 Å². The van der Waals surface area contributed by atoms with E-state index in [0.717, 1.165) is 24.8 Å². The lowest BCUT2D eigenvalue weighted by molar-refractivity contribution is -0.125. The predicted molar refractivity (Wildman–Crippen MR) is 73.3 cm³/mol. The number of nitrogens with one attached hydrogen (secondary N) is 1. The summed E-state index contributed by atoms with van der Waals surface area (Å²) in [6.45, 7) is 1.94. The highest BCUT2D eigenvalue weighted by atomic mass is 35.5. The van der Waals surface area contributed by atoms with Gasteiger partial charge in [0.05, 0.1) is 12.0 Å². The minimum atomic E-state index is -0.0843. The lowest BCUT2D eigenvalue weighted by atomic mass is 10.0. The van der Waals surface area contributed by atoms with Gasteiger partial charge in [-0.2, -0.15) is 0 Å². The third kappa shape index (κ3) is 2.85. The zero-order chi connectivity index (χ0) is 13.1. The number of nitrogens with two attached hydrogens (primary N) is 1. The molecule has 2 rings (SSSR count). The smallest absolute Gasteiger partial charge is 0.225 e. The van der Waals surface area contributed by atoms with Crippen LogP contribution in [0.5, 0.6) is 0 Å². The molecule has 18 heavy (non-hydrogen) atoms. The van der Waals surface area contributed by atoms with Crippen LogP contribution in [0, 0.1) is 5.92 Å². The Morgan fingerprint density at radius 1 is 1.44 bits per heavy atom. The molecule has 0 spiro atoms. The van der Waals surface area contributed by atoms with Crippen molar-refractivity contribution in [2.24, 2.45) is 11.7 Å². The first-order chi connectivity index (χ1) is 8.59. The highest BCUT2D eigenvalue weighted by molar-refractivity contribution is 6.31. The maximum absolute atomic E-state index is 12.1. The molecule has 0 bridgehead atoms. The maximum Gasteiger partial charge on any atom is 0.225 e. The summed E-state index contributed by atoms with van der Waals surface area (Å²) in [6, 6.07) is 7.49. The Hall–Kier alpha value is -1.06. The van der Waals surface area contributed by atoms with Gasteiger partial charge < -0.3 is 11.1 Å². The van der Waals surface area contributed by atoms with Gasteiger partial charge in [-0.15, -0.1) is 0 Å². The van der Waals surface area contributed by atoms with E-state index in [9.17, 15) is 4.79 Å². The van der Waals surface area contributed by atoms with Crippen LogP contribution in [0.15, 0.2) is 24.3 Å². The maximum atomic E-state index is 12.1. The molecule has 1 aromatic carbocycles. The molecule has 4 heteroatoms. The van der Waals surface area contributed by atoms with Gasteiger partial charge in [-0.3, -0.25) is 4.79 Å². The summed E-state index contributed by atoms with van der Waals surface area (Å²) < 4.78 is 0. The van der Waals surface area contributed by atoms with Crippen molar-refractivity contribution in [3.8, 4) is 0 Å². The molecule has 1 fully saturated rings. The molecule has 1 aliphatic rings. The van der Waals surface area contributed by atoms with E-state index in [4.69, 9.17) is 17.3 Å². The first-order valence-electron chi connectivity index (χ1n) is 6.40. The Balaban J connectivity index is 2.01. The molecule has 0 aliphatic heterocycles. The first-order valence-corrected chi connectivity index (χ1v) is 6.77. The van der Waals surface area contributed by atoms with Crippen LogP contribution in [0.4, 0.5) is 0 Å². The molecule has 3 atom stereocenters. The SMILES string of the molecule is C[C@H](NC(=O)C1CCCC1N)c1ccccc1Cl. The van der Waals surface area contributed by atoms with Crippen LogP contribution < -0.4 is 11.1 Å². The zero-order valence-corrected chi connectivity index (χ0v) is 11.3. The van der Waals surface area contributed by atoms with Crippen molar-refractivity contribution in [2.75, 3.05) is 0 Å². The fraction of sp³-hybridized carbons (Fsp3) is 0.500. The molecule has 98 valence electrons. The van der Waals surface area contributed by atoms with Gasteiger partial charge >= 0.3 is 0 Å². The van der Waals surface area contributed by atoms with E-state index < -0.39 is 0 Å². The quantitative estimate of drug-likeness (QED) is 0.884. The lowest BCUT2D eigenvalue weighted by Gasteiger charge is -2.20. The second kappa shape index (κ2) is 5.72. The summed E-state index contributed by atoms with van der Waals surface area (Å²) in [6.07, 6.45) is 2.88. The number of rotatable bonds is 3. The summed E-state index contributed by atoms with van der Waals surface area (Å²) in [5, 5.41) is 3.69. The Bertz CT molecular complexity index is 436. The van der Waals surface area contributed by atoms with E-state index in [1.807, 2.05) is 31.2 Å². The molecule has 1 saturated carbocycles. The third-order valence-electron chi connectivity index (χ3n) is 3.64. The van der Waals surface area contributed by atoms with Crippen molar-refractivity contribution in [1.82, 2.24) is 5.32 Å². The highest BCUT2D eigenvalue weighted by Crippen LogP contribution is 2.26. The van der Waals surface area contributed by atoms with Gasteiger partial charge in [-0.1, -0.05) is 36.2 Å². The standard InChI is InChI=1S/C14H19ClN2O/c1-9(10-5-2-3-7-12(10)15)17-14(18)11-6-4-8-13(11)16/h2-3,5,7,9,11,13H,4,6,8,16H2,1H3,(H,17,18)/t9-,11?,13?/m0/s1. The molecule has 3 nitrogen and oxygen atoms in total. The number of hydrogen-bond donors (Lipinski definition) is 2. The lowest BCUT2D eigenvalue weighted by Crippen LogP contribution is -2.39. The molecule has 0 saturated heterocycles. The molecule has 2 unspecified atom stereocenters. The monoisotopic (exact) mass is 266 g/mol. The Labute approximate surface area is 113 Å². The van der Waals surface area contributed by atoms with Gasteiger partial charge in [0.2, 0.25) is 5.91 Å². The molecule has 0 aromatic heterocycles. The normalized spacial score (nSPS) is 24.8. The summed E-state index contributed by atoms with van der Waals surface area (Å²) >= 11 is 6.11. The van der Waals surface area contributed by atoms with Crippen LogP contribution in [0.1, 0.15) is 37.8 Å². The molecular weight excluding hydrogens is 248 g/mol. The van der Waals surface area contributed by atoms with Gasteiger partial charge in [0.1, 0.15) is 0 Å². The van der Waals surface area contributed by atoms with Crippen molar-refractivity contribution >= 4 is 17.5 Å². The van der Waals surface area contributed by atoms with E-state index >= 15 is 0 Å². The summed E-state index contributed by atoms with van der Waals surface area (Å²) in [4.78, 5) is 12.1. The van der Waals surface area contributed by atoms with Crippen molar-refractivity contribution in [3.63, 3.8) is 0 Å². The molecule has 1 amide bonds. The van der Waals surface area contributed by atoms with Crippen molar-refractivity contribution in [2.45, 2.75) is 38.3 Å². The predicted octanol–water partition coefficient (Wildman–Crippen LogP) is 2.64. The number of carbonyl (C=O) groups is 1. The zero-order valence-electron chi connectivity index (χ0n) is 10.5. The molecule has 0 heterocycles. The van der Waals surface area contributed by atoms with Crippen molar-refractivity contribution < 1.29 is 4.79 Å². The van der Waals surface area contributed by atoms with E-state index in [2.05, 4.69) is 5.32 Å². The summed E-state index contributed by atoms with van der Waals surface area (Å²) in [5.74, 6) is 0.00218. The van der Waals surface area contributed by atoms with Crippen LogP contribution in [0.25, 0.3) is 0 Å². The molecule has 3 N–H and O–H groups in total. The number of halogens is 1. The minimum Gasteiger partial charge on any atom is -0.349 e. The van der Waals surface area contributed by atoms with Crippen LogP contribution >= 0.6 is 11.6 Å². The number of benzene rings is 1. The van der Waals surface area contributed by atoms with E-state index in [1.165, 1.54) is 0 Å². The van der Waals surface area contributed by atoms with Gasteiger partial charge in [0.15, 0.2) is 0 Å². The van der Waals surface area contributed by atoms with E-state index in [0.29, 0.717) is 5.02 Å². The average Bonchev–Trinajstić information content (AvgIpc) is 2.76. The second-order valence-corrected chi connectivity index (χ2v) is 5.36. The van der Waals surface area contributed by atoms with Gasteiger partial charge in [0.25, 0.3) is 0 Å². The molecular formula is C14H19ClN2O. The molecule has 1 aliphatic carbocycles. The van der Waals surface area contributed by atoms with Crippen molar-refractivity contribution in [3.05, 3.63) is 34.9 Å². The first kappa shape index (κ1) is 13.4. The number of hydrogen-bond acceptors (Lipinski definition) is 2. The van der Waals surface area contributed by atoms with Crippen molar-refractivity contribution in [1.29, 1.82) is 0 Å². The largest absolute Gasteiger partial charge is 0.349 e. The number of carbonyl (C=O) groups excluding carboxylic acids is 1. The molecule has 0 radical (unpaired) electrons. The van der Waals surface area contributed by atoms with Crippen LogP contribution in [0.3, 0.4) is 0 Å². The van der Waals surface area contributed by atoms with E-state index in [-0.39, 0.29) is 23.9 Å². The van der Waals surface area contributed by atoms with Gasteiger partial charge in [0, 0.05) is 11.1 Å².